The summed E-state index contributed by atoms with van der Waals surface area (Å²) in [6.07, 6.45) is 3.02. The van der Waals surface area contributed by atoms with Crippen LogP contribution in [0.1, 0.15) is 33.1 Å². The summed E-state index contributed by atoms with van der Waals surface area (Å²) in [6.45, 7) is 5.41. The van der Waals surface area contributed by atoms with E-state index < -0.39 is 0 Å². The normalized spacial score (nSPS) is 30.1. The van der Waals surface area contributed by atoms with Crippen molar-refractivity contribution in [2.24, 2.45) is 11.3 Å². The van der Waals surface area contributed by atoms with Gasteiger partial charge < -0.3 is 10.1 Å². The van der Waals surface area contributed by atoms with Gasteiger partial charge in [0, 0.05) is 0 Å². The topological polar surface area (TPSA) is 38.3 Å². The third kappa shape index (κ3) is 2.08. The van der Waals surface area contributed by atoms with E-state index in [4.69, 9.17) is 4.74 Å². The van der Waals surface area contributed by atoms with Gasteiger partial charge in [0.15, 0.2) is 0 Å². The molecule has 0 heterocycles. The number of ether oxygens (including phenoxy) is 1. The van der Waals surface area contributed by atoms with Crippen LogP contribution in [-0.4, -0.2) is 26.2 Å². The molecule has 0 aromatic heterocycles. The Balaban J connectivity index is 2.51. The highest BCUT2D eigenvalue weighted by Gasteiger charge is 2.59. The van der Waals surface area contributed by atoms with Crippen LogP contribution >= 0.6 is 0 Å². The van der Waals surface area contributed by atoms with Gasteiger partial charge in [0.05, 0.1) is 12.0 Å². The molecule has 1 saturated carbocycles. The highest BCUT2D eigenvalue weighted by atomic mass is 16.5. The van der Waals surface area contributed by atoms with E-state index in [9.17, 15) is 4.79 Å². The molecule has 1 aliphatic rings. The van der Waals surface area contributed by atoms with Gasteiger partial charge in [-0.3, -0.25) is 4.79 Å². The molecular formula is C11H21NO2. The average Bonchev–Trinajstić information content (AvgIpc) is 2.90. The van der Waals surface area contributed by atoms with E-state index in [0.29, 0.717) is 12.5 Å². The molecule has 0 bridgehead atoms. The molecule has 1 rings (SSSR count). The Labute approximate surface area is 86.2 Å². The molecule has 0 amide bonds. The highest BCUT2D eigenvalue weighted by molar-refractivity contribution is 5.80. The van der Waals surface area contributed by atoms with Gasteiger partial charge in [0.1, 0.15) is 0 Å². The molecule has 1 fully saturated rings. The Hall–Kier alpha value is -0.570. The lowest BCUT2D eigenvalue weighted by Crippen LogP contribution is -2.25. The number of carbonyl (C=O) groups excluding carboxylic acids is 1. The van der Waals surface area contributed by atoms with E-state index in [0.717, 1.165) is 25.8 Å². The summed E-state index contributed by atoms with van der Waals surface area (Å²) in [6, 6.07) is 0. The second-order valence-electron chi connectivity index (χ2n) is 4.04. The molecule has 1 N–H and O–H groups in total. The second kappa shape index (κ2) is 4.78. The van der Waals surface area contributed by atoms with Gasteiger partial charge in [-0.25, -0.2) is 0 Å². The summed E-state index contributed by atoms with van der Waals surface area (Å²) in [5, 5.41) is 3.10. The molecule has 0 radical (unpaired) electrons. The minimum atomic E-state index is -0.145. The van der Waals surface area contributed by atoms with Gasteiger partial charge in [0.25, 0.3) is 0 Å². The summed E-state index contributed by atoms with van der Waals surface area (Å²) in [5.74, 6) is 0.567. The molecule has 0 aliphatic heterocycles. The zero-order valence-electron chi connectivity index (χ0n) is 9.43. The van der Waals surface area contributed by atoms with E-state index in [1.165, 1.54) is 0 Å². The molecule has 0 spiro atoms. The Morgan fingerprint density at radius 1 is 1.57 bits per heavy atom. The fourth-order valence-electron chi connectivity index (χ4n) is 2.20. The largest absolute Gasteiger partial charge is 0.466 e. The van der Waals surface area contributed by atoms with Gasteiger partial charge >= 0.3 is 5.97 Å². The lowest BCUT2D eigenvalue weighted by molar-refractivity contribution is -0.150. The van der Waals surface area contributed by atoms with Crippen molar-refractivity contribution in [2.45, 2.75) is 33.1 Å². The fourth-order valence-corrected chi connectivity index (χ4v) is 2.20. The maximum atomic E-state index is 11.8. The Kier molecular flexibility index (Phi) is 3.93. The number of carbonyl (C=O) groups is 1. The molecule has 0 aromatic carbocycles. The standard InChI is InChI=1S/C11H21NO2/c1-4-9-8-11(9,6-7-12-3)10(13)14-5-2/h9,12H,4-8H2,1-3H3. The lowest BCUT2D eigenvalue weighted by Gasteiger charge is -2.15. The third-order valence-electron chi connectivity index (χ3n) is 3.23. The van der Waals surface area contributed by atoms with Crippen LogP contribution in [0.15, 0.2) is 0 Å². The minimum absolute atomic E-state index is 0.0158. The van der Waals surface area contributed by atoms with Crippen LogP contribution in [0.3, 0.4) is 0 Å². The smallest absolute Gasteiger partial charge is 0.312 e. The number of nitrogens with one attached hydrogen (secondary N) is 1. The molecular weight excluding hydrogens is 178 g/mol. The molecule has 3 nitrogen and oxygen atoms in total. The maximum Gasteiger partial charge on any atom is 0.312 e. The van der Waals surface area contributed by atoms with Crippen molar-refractivity contribution in [3.05, 3.63) is 0 Å². The molecule has 14 heavy (non-hydrogen) atoms. The Morgan fingerprint density at radius 3 is 2.71 bits per heavy atom. The van der Waals surface area contributed by atoms with E-state index >= 15 is 0 Å². The molecule has 2 atom stereocenters. The first kappa shape index (κ1) is 11.5. The SMILES string of the molecule is CCOC(=O)C1(CCNC)CC1CC. The van der Waals surface area contributed by atoms with Crippen LogP contribution in [-0.2, 0) is 9.53 Å². The first-order valence-electron chi connectivity index (χ1n) is 5.53. The highest BCUT2D eigenvalue weighted by Crippen LogP contribution is 2.57. The van der Waals surface area contributed by atoms with E-state index in [1.807, 2.05) is 14.0 Å². The van der Waals surface area contributed by atoms with Crippen LogP contribution in [0.2, 0.25) is 0 Å². The van der Waals surface area contributed by atoms with Gasteiger partial charge in [0.2, 0.25) is 0 Å². The van der Waals surface area contributed by atoms with E-state index in [2.05, 4.69) is 12.2 Å². The summed E-state index contributed by atoms with van der Waals surface area (Å²) < 4.78 is 5.13. The van der Waals surface area contributed by atoms with Crippen molar-refractivity contribution in [3.63, 3.8) is 0 Å². The Morgan fingerprint density at radius 2 is 2.29 bits per heavy atom. The minimum Gasteiger partial charge on any atom is -0.466 e. The molecule has 82 valence electrons. The molecule has 2 unspecified atom stereocenters. The average molecular weight is 199 g/mol. The van der Waals surface area contributed by atoms with Crippen molar-refractivity contribution in [2.75, 3.05) is 20.2 Å². The van der Waals surface area contributed by atoms with Crippen molar-refractivity contribution >= 4 is 5.97 Å². The summed E-state index contributed by atoms with van der Waals surface area (Å²) >= 11 is 0. The third-order valence-corrected chi connectivity index (χ3v) is 3.23. The van der Waals surface area contributed by atoms with Crippen molar-refractivity contribution in [1.29, 1.82) is 0 Å². The van der Waals surface area contributed by atoms with Gasteiger partial charge in [-0.05, 0) is 39.3 Å². The zero-order valence-corrected chi connectivity index (χ0v) is 9.43. The van der Waals surface area contributed by atoms with Crippen molar-refractivity contribution in [1.82, 2.24) is 5.32 Å². The molecule has 0 saturated heterocycles. The molecule has 3 heteroatoms. The van der Waals surface area contributed by atoms with Crippen LogP contribution in [0.25, 0.3) is 0 Å². The number of rotatable bonds is 6. The predicted octanol–water partition coefficient (Wildman–Crippen LogP) is 1.58. The number of hydrogen-bond donors (Lipinski definition) is 1. The van der Waals surface area contributed by atoms with E-state index in [-0.39, 0.29) is 11.4 Å². The van der Waals surface area contributed by atoms with Crippen molar-refractivity contribution < 1.29 is 9.53 Å². The molecule has 1 aliphatic carbocycles. The summed E-state index contributed by atoms with van der Waals surface area (Å²) in [5.41, 5.74) is -0.145. The first-order valence-corrected chi connectivity index (χ1v) is 5.53. The number of hydrogen-bond acceptors (Lipinski definition) is 3. The lowest BCUT2D eigenvalue weighted by atomic mass is 9.98. The van der Waals surface area contributed by atoms with Crippen LogP contribution in [0, 0.1) is 11.3 Å². The van der Waals surface area contributed by atoms with Crippen LogP contribution in [0.5, 0.6) is 0 Å². The quantitative estimate of drug-likeness (QED) is 0.660. The van der Waals surface area contributed by atoms with Gasteiger partial charge in [-0.2, -0.15) is 0 Å². The van der Waals surface area contributed by atoms with Crippen LogP contribution in [0.4, 0.5) is 0 Å². The second-order valence-corrected chi connectivity index (χ2v) is 4.04. The maximum absolute atomic E-state index is 11.8. The van der Waals surface area contributed by atoms with E-state index in [1.54, 1.807) is 0 Å². The predicted molar refractivity (Wildman–Crippen MR) is 56.0 cm³/mol. The fraction of sp³-hybridized carbons (Fsp3) is 0.909. The first-order chi connectivity index (χ1) is 6.71. The van der Waals surface area contributed by atoms with Gasteiger partial charge in [-0.1, -0.05) is 13.3 Å². The summed E-state index contributed by atoms with van der Waals surface area (Å²) in [4.78, 5) is 11.8. The summed E-state index contributed by atoms with van der Waals surface area (Å²) in [7, 11) is 1.92. The van der Waals surface area contributed by atoms with Gasteiger partial charge in [-0.15, -0.1) is 0 Å². The van der Waals surface area contributed by atoms with Crippen LogP contribution < -0.4 is 5.32 Å². The Bertz CT molecular complexity index is 205. The zero-order chi connectivity index (χ0) is 10.6. The van der Waals surface area contributed by atoms with Crippen molar-refractivity contribution in [3.8, 4) is 0 Å². The molecule has 0 aromatic rings. The monoisotopic (exact) mass is 199 g/mol. The number of esters is 1.